The molecule has 0 spiro atoms. The van der Waals surface area contributed by atoms with Crippen LogP contribution in [-0.4, -0.2) is 49.4 Å². The van der Waals surface area contributed by atoms with Crippen LogP contribution in [-0.2, 0) is 11.3 Å². The minimum Gasteiger partial charge on any atom is -0.444 e. The van der Waals surface area contributed by atoms with E-state index in [0.717, 1.165) is 18.4 Å². The van der Waals surface area contributed by atoms with Gasteiger partial charge >= 0.3 is 6.09 Å². The third-order valence-corrected chi connectivity index (χ3v) is 4.57. The number of nitrogens with one attached hydrogen (secondary N) is 1. The maximum Gasteiger partial charge on any atom is 0.410 e. The number of benzene rings is 1. The first-order valence-electron chi connectivity index (χ1n) is 9.41. The van der Waals surface area contributed by atoms with Crippen LogP contribution in [0.5, 0.6) is 0 Å². The lowest BCUT2D eigenvalue weighted by Crippen LogP contribution is -2.41. The second-order valence-electron chi connectivity index (χ2n) is 7.93. The number of carbonyl (C=O) groups is 1. The van der Waals surface area contributed by atoms with Gasteiger partial charge in [0.25, 0.3) is 0 Å². The fourth-order valence-electron chi connectivity index (χ4n) is 3.24. The van der Waals surface area contributed by atoms with Crippen LogP contribution in [0.3, 0.4) is 0 Å². The smallest absolute Gasteiger partial charge is 0.410 e. The lowest BCUT2D eigenvalue weighted by atomic mass is 10.1. The van der Waals surface area contributed by atoms with Crippen LogP contribution in [0.1, 0.15) is 52.1 Å². The van der Waals surface area contributed by atoms with Crippen molar-refractivity contribution >= 4 is 12.0 Å². The van der Waals surface area contributed by atoms with E-state index in [0.29, 0.717) is 19.0 Å². The van der Waals surface area contributed by atoms with Gasteiger partial charge in [0.1, 0.15) is 5.60 Å². The first-order valence-corrected chi connectivity index (χ1v) is 9.41. The number of rotatable bonds is 5. The van der Waals surface area contributed by atoms with Gasteiger partial charge in [0.2, 0.25) is 5.95 Å². The number of likely N-dealkylation sites (tertiary alicyclic amines) is 1. The number of nitrogens with zero attached hydrogens (tertiary/aromatic N) is 5. The van der Waals surface area contributed by atoms with Crippen LogP contribution in [0.25, 0.3) is 0 Å². The molecule has 2 aromatic rings. The molecule has 27 heavy (non-hydrogen) atoms. The van der Waals surface area contributed by atoms with E-state index in [9.17, 15) is 4.79 Å². The van der Waals surface area contributed by atoms with Gasteiger partial charge in [-0.15, -0.1) is 0 Å². The molecule has 0 saturated carbocycles. The van der Waals surface area contributed by atoms with E-state index in [-0.39, 0.29) is 18.2 Å². The molecule has 1 aromatic carbocycles. The molecule has 3 rings (SSSR count). The fourth-order valence-corrected chi connectivity index (χ4v) is 3.24. The Balaban J connectivity index is 1.66. The number of carbonyl (C=O) groups excluding carboxylic acids is 1. The second kappa shape index (κ2) is 7.94. The minimum absolute atomic E-state index is 0.0240. The average Bonchev–Trinajstić information content (AvgIpc) is 3.24. The number of anilines is 1. The Morgan fingerprint density at radius 1 is 1.33 bits per heavy atom. The minimum atomic E-state index is -0.503. The Kier molecular flexibility index (Phi) is 5.62. The molecule has 146 valence electrons. The quantitative estimate of drug-likeness (QED) is 0.867. The number of amides is 1. The van der Waals surface area contributed by atoms with Crippen molar-refractivity contribution in [1.29, 1.82) is 0 Å². The van der Waals surface area contributed by atoms with Crippen LogP contribution in [0.4, 0.5) is 10.7 Å². The van der Waals surface area contributed by atoms with Gasteiger partial charge in [-0.1, -0.05) is 35.4 Å². The monoisotopic (exact) mass is 372 g/mol. The Bertz CT molecular complexity index is 755. The molecule has 2 heterocycles. The molecule has 1 fully saturated rings. The zero-order valence-corrected chi connectivity index (χ0v) is 16.4. The number of hydrogen-bond acceptors (Lipinski definition) is 6. The molecule has 0 radical (unpaired) electrons. The largest absolute Gasteiger partial charge is 0.444 e. The highest BCUT2D eigenvalue weighted by Crippen LogP contribution is 2.23. The summed E-state index contributed by atoms with van der Waals surface area (Å²) >= 11 is 0. The maximum absolute atomic E-state index is 12.5. The van der Waals surface area contributed by atoms with Gasteiger partial charge in [0, 0.05) is 6.54 Å². The molecular formula is C19H28N6O2. The zero-order chi connectivity index (χ0) is 19.4. The highest BCUT2D eigenvalue weighted by Gasteiger charge is 2.33. The van der Waals surface area contributed by atoms with Crippen molar-refractivity contribution in [2.45, 2.75) is 64.8 Å². The summed E-state index contributed by atoms with van der Waals surface area (Å²) in [4.78, 5) is 14.3. The van der Waals surface area contributed by atoms with Crippen LogP contribution in [0, 0.1) is 0 Å². The molecule has 1 amide bonds. The molecule has 0 bridgehead atoms. The van der Waals surface area contributed by atoms with Crippen molar-refractivity contribution in [2.24, 2.45) is 0 Å². The van der Waals surface area contributed by atoms with E-state index >= 15 is 0 Å². The molecule has 8 heteroatoms. The first-order chi connectivity index (χ1) is 12.8. The van der Waals surface area contributed by atoms with E-state index in [1.54, 1.807) is 9.58 Å². The van der Waals surface area contributed by atoms with Crippen LogP contribution in [0.15, 0.2) is 30.3 Å². The Labute approximate surface area is 159 Å². The van der Waals surface area contributed by atoms with Crippen molar-refractivity contribution < 1.29 is 9.53 Å². The predicted molar refractivity (Wildman–Crippen MR) is 102 cm³/mol. The predicted octanol–water partition coefficient (Wildman–Crippen LogP) is 3.25. The molecule has 1 aliphatic rings. The number of tetrazole rings is 1. The Morgan fingerprint density at radius 3 is 2.78 bits per heavy atom. The average molecular weight is 372 g/mol. The van der Waals surface area contributed by atoms with Crippen molar-refractivity contribution in [3.8, 4) is 0 Å². The first kappa shape index (κ1) is 19.1. The van der Waals surface area contributed by atoms with E-state index in [1.165, 1.54) is 0 Å². The lowest BCUT2D eigenvalue weighted by molar-refractivity contribution is 0.0211. The molecule has 1 aromatic heterocycles. The SMILES string of the molecule is C[C@H](Nc1nnnn1C[C@@H]1CCCN1C(=O)OC(C)(C)C)c1ccccc1. The summed E-state index contributed by atoms with van der Waals surface area (Å²) in [6, 6.07) is 10.2. The van der Waals surface area contributed by atoms with Crippen molar-refractivity contribution in [3.63, 3.8) is 0 Å². The second-order valence-corrected chi connectivity index (χ2v) is 7.93. The molecule has 1 aliphatic heterocycles. The van der Waals surface area contributed by atoms with Crippen molar-refractivity contribution in [1.82, 2.24) is 25.1 Å². The standard InChI is InChI=1S/C19H28N6O2/c1-14(15-9-6-5-7-10-15)20-17-21-22-23-25(17)13-16-11-8-12-24(16)18(26)27-19(2,3)4/h5-7,9-10,14,16H,8,11-13H2,1-4H3,(H,20,21,23)/t14-,16-/m0/s1. The van der Waals surface area contributed by atoms with Gasteiger partial charge < -0.3 is 15.0 Å². The molecule has 0 aliphatic carbocycles. The van der Waals surface area contributed by atoms with Gasteiger partial charge in [-0.05, 0) is 56.5 Å². The summed E-state index contributed by atoms with van der Waals surface area (Å²) in [5, 5.41) is 15.4. The third-order valence-electron chi connectivity index (χ3n) is 4.57. The molecular weight excluding hydrogens is 344 g/mol. The van der Waals surface area contributed by atoms with E-state index in [4.69, 9.17) is 4.74 Å². The van der Waals surface area contributed by atoms with E-state index in [1.807, 2.05) is 39.0 Å². The number of ether oxygens (including phenoxy) is 1. The summed E-state index contributed by atoms with van der Waals surface area (Å²) in [6.07, 6.45) is 1.59. The highest BCUT2D eigenvalue weighted by atomic mass is 16.6. The maximum atomic E-state index is 12.5. The summed E-state index contributed by atoms with van der Waals surface area (Å²) in [5.74, 6) is 0.599. The van der Waals surface area contributed by atoms with Gasteiger partial charge in [0.15, 0.2) is 0 Å². The molecule has 1 saturated heterocycles. The highest BCUT2D eigenvalue weighted by molar-refractivity contribution is 5.68. The molecule has 0 unspecified atom stereocenters. The van der Waals surface area contributed by atoms with Gasteiger partial charge in [-0.25, -0.2) is 9.48 Å². The van der Waals surface area contributed by atoms with Crippen LogP contribution < -0.4 is 5.32 Å². The number of aromatic nitrogens is 4. The third kappa shape index (κ3) is 4.96. The summed E-state index contributed by atoms with van der Waals surface area (Å²) < 4.78 is 7.26. The van der Waals surface area contributed by atoms with Crippen molar-refractivity contribution in [3.05, 3.63) is 35.9 Å². The van der Waals surface area contributed by atoms with E-state index in [2.05, 4.69) is 39.9 Å². The van der Waals surface area contributed by atoms with Gasteiger partial charge in [-0.2, -0.15) is 0 Å². The fraction of sp³-hybridized carbons (Fsp3) is 0.579. The van der Waals surface area contributed by atoms with Gasteiger partial charge in [-0.3, -0.25) is 0 Å². The topological polar surface area (TPSA) is 85.2 Å². The summed E-state index contributed by atoms with van der Waals surface area (Å²) in [5.41, 5.74) is 0.653. The Hall–Kier alpha value is -2.64. The van der Waals surface area contributed by atoms with Crippen molar-refractivity contribution in [2.75, 3.05) is 11.9 Å². The lowest BCUT2D eigenvalue weighted by Gasteiger charge is -2.28. The normalized spacial score (nSPS) is 18.4. The Morgan fingerprint density at radius 2 is 2.07 bits per heavy atom. The molecule has 1 N–H and O–H groups in total. The van der Waals surface area contributed by atoms with Crippen LogP contribution in [0.2, 0.25) is 0 Å². The molecule has 2 atom stereocenters. The molecule has 8 nitrogen and oxygen atoms in total. The number of hydrogen-bond donors (Lipinski definition) is 1. The van der Waals surface area contributed by atoms with Gasteiger partial charge in [0.05, 0.1) is 18.6 Å². The van der Waals surface area contributed by atoms with E-state index < -0.39 is 5.60 Å². The summed E-state index contributed by atoms with van der Waals surface area (Å²) in [6.45, 7) is 8.94. The zero-order valence-electron chi connectivity index (χ0n) is 16.4. The summed E-state index contributed by atoms with van der Waals surface area (Å²) in [7, 11) is 0. The van der Waals surface area contributed by atoms with Crippen LogP contribution >= 0.6 is 0 Å².